The fraction of sp³-hybridized carbons (Fsp3) is 0.385. The monoisotopic (exact) mass is 445 g/mol. The fourth-order valence-electron chi connectivity index (χ4n) is 4.79. The molecule has 0 bridgehead atoms. The highest BCUT2D eigenvalue weighted by Gasteiger charge is 2.46. The molecular weight excluding hydrogens is 418 g/mol. The third-order valence-electron chi connectivity index (χ3n) is 6.48. The second-order valence-electron chi connectivity index (χ2n) is 8.54. The van der Waals surface area contributed by atoms with Crippen LogP contribution >= 0.6 is 0 Å². The summed E-state index contributed by atoms with van der Waals surface area (Å²) in [5.41, 5.74) is 1.31. The lowest BCUT2D eigenvalue weighted by Gasteiger charge is -2.35. The number of hydrogen-bond donors (Lipinski definition) is 0. The molecule has 0 aromatic heterocycles. The van der Waals surface area contributed by atoms with E-state index in [0.29, 0.717) is 22.6 Å². The molecule has 1 unspecified atom stereocenters. The molecule has 2 aromatic carbocycles. The molecule has 1 saturated carbocycles. The highest BCUT2D eigenvalue weighted by Crippen LogP contribution is 2.32. The number of ether oxygens (including phenoxy) is 1. The van der Waals surface area contributed by atoms with Gasteiger partial charge in [0.05, 0.1) is 30.9 Å². The zero-order valence-electron chi connectivity index (χ0n) is 18.7. The molecular formula is C26H27N3O4. The van der Waals surface area contributed by atoms with Gasteiger partial charge in [-0.2, -0.15) is 5.26 Å². The molecule has 3 amide bonds. The molecule has 1 saturated heterocycles. The van der Waals surface area contributed by atoms with E-state index in [1.165, 1.54) is 0 Å². The van der Waals surface area contributed by atoms with Crippen molar-refractivity contribution in [3.05, 3.63) is 59.7 Å². The Kier molecular flexibility index (Phi) is 6.74. The predicted molar refractivity (Wildman–Crippen MR) is 123 cm³/mol. The van der Waals surface area contributed by atoms with Crippen molar-refractivity contribution < 1.29 is 19.1 Å². The lowest BCUT2D eigenvalue weighted by Crippen LogP contribution is -2.50. The maximum absolute atomic E-state index is 13.7. The molecule has 1 aliphatic heterocycles. The van der Waals surface area contributed by atoms with Crippen molar-refractivity contribution in [3.63, 3.8) is 0 Å². The predicted octanol–water partition coefficient (Wildman–Crippen LogP) is 4.06. The van der Waals surface area contributed by atoms with E-state index in [4.69, 9.17) is 10.00 Å². The van der Waals surface area contributed by atoms with Crippen molar-refractivity contribution in [3.8, 4) is 11.8 Å². The minimum Gasteiger partial charge on any atom is -0.497 e. The number of benzene rings is 2. The van der Waals surface area contributed by atoms with Gasteiger partial charge in [-0.3, -0.25) is 14.4 Å². The van der Waals surface area contributed by atoms with Gasteiger partial charge in [0.1, 0.15) is 11.8 Å². The van der Waals surface area contributed by atoms with Gasteiger partial charge in [-0.05, 0) is 55.3 Å². The van der Waals surface area contributed by atoms with Gasteiger partial charge in [0.25, 0.3) is 11.8 Å². The molecule has 0 radical (unpaired) electrons. The first-order chi connectivity index (χ1) is 16.0. The van der Waals surface area contributed by atoms with Crippen LogP contribution < -0.4 is 9.64 Å². The highest BCUT2D eigenvalue weighted by atomic mass is 16.5. The van der Waals surface area contributed by atoms with Crippen LogP contribution in [-0.4, -0.2) is 41.8 Å². The first-order valence-electron chi connectivity index (χ1n) is 11.4. The number of anilines is 1. The van der Waals surface area contributed by atoms with Crippen molar-refractivity contribution in [2.45, 2.75) is 57.0 Å². The molecule has 1 atom stereocenters. The first-order valence-corrected chi connectivity index (χ1v) is 11.4. The molecule has 2 aliphatic rings. The van der Waals surface area contributed by atoms with Gasteiger partial charge in [0, 0.05) is 11.6 Å². The molecule has 170 valence electrons. The maximum atomic E-state index is 13.7. The van der Waals surface area contributed by atoms with E-state index in [1.54, 1.807) is 60.5 Å². The van der Waals surface area contributed by atoms with Gasteiger partial charge in [0.2, 0.25) is 5.91 Å². The van der Waals surface area contributed by atoms with E-state index in [2.05, 4.69) is 0 Å². The van der Waals surface area contributed by atoms with Gasteiger partial charge < -0.3 is 9.64 Å². The molecule has 1 aliphatic carbocycles. The summed E-state index contributed by atoms with van der Waals surface area (Å²) in [6.07, 6.45) is 5.75. The van der Waals surface area contributed by atoms with Crippen LogP contribution in [0.3, 0.4) is 0 Å². The number of imide groups is 1. The van der Waals surface area contributed by atoms with E-state index >= 15 is 0 Å². The van der Waals surface area contributed by atoms with Crippen LogP contribution in [-0.2, 0) is 9.59 Å². The third kappa shape index (κ3) is 4.61. The molecule has 7 nitrogen and oxygen atoms in total. The van der Waals surface area contributed by atoms with Crippen molar-refractivity contribution in [1.82, 2.24) is 4.90 Å². The maximum Gasteiger partial charge on any atom is 0.257 e. The van der Waals surface area contributed by atoms with Gasteiger partial charge in [0.15, 0.2) is 0 Å². The quantitative estimate of drug-likeness (QED) is 0.511. The molecule has 2 fully saturated rings. The summed E-state index contributed by atoms with van der Waals surface area (Å²) in [7, 11) is 1.54. The standard InChI is InChI=1S/C26H27N3O4/c1-33-22-10-6-7-19(15-22)25(31)28(20-8-4-2-3-5-9-20)23-16-24(30)29(26(23)32)21-13-11-18(17-27)12-14-21/h6-7,10-15,20,23H,2-5,8-9,16H2,1H3. The minimum absolute atomic E-state index is 0.0506. The lowest BCUT2D eigenvalue weighted by molar-refractivity contribution is -0.123. The van der Waals surface area contributed by atoms with Gasteiger partial charge in [-0.15, -0.1) is 0 Å². The van der Waals surface area contributed by atoms with Crippen molar-refractivity contribution >= 4 is 23.4 Å². The summed E-state index contributed by atoms with van der Waals surface area (Å²) in [4.78, 5) is 43.0. The second kappa shape index (κ2) is 9.86. The zero-order chi connectivity index (χ0) is 23.4. The number of methoxy groups -OCH3 is 1. The Morgan fingerprint density at radius 1 is 1.06 bits per heavy atom. The minimum atomic E-state index is -0.852. The van der Waals surface area contributed by atoms with E-state index in [0.717, 1.165) is 43.4 Å². The summed E-state index contributed by atoms with van der Waals surface area (Å²) in [6.45, 7) is 0. The van der Waals surface area contributed by atoms with Crippen LogP contribution in [0.25, 0.3) is 0 Å². The van der Waals surface area contributed by atoms with Crippen LogP contribution in [0.5, 0.6) is 5.75 Å². The van der Waals surface area contributed by atoms with E-state index in [1.807, 2.05) is 6.07 Å². The smallest absolute Gasteiger partial charge is 0.257 e. The summed E-state index contributed by atoms with van der Waals surface area (Å²) >= 11 is 0. The molecule has 0 spiro atoms. The Labute approximate surface area is 193 Å². The normalized spacial score (nSPS) is 19.2. The Morgan fingerprint density at radius 2 is 1.76 bits per heavy atom. The Hall–Kier alpha value is -3.66. The number of amides is 3. The molecule has 1 heterocycles. The molecule has 2 aromatic rings. The van der Waals surface area contributed by atoms with Crippen molar-refractivity contribution in [1.29, 1.82) is 5.26 Å². The number of carbonyl (C=O) groups is 3. The fourth-order valence-corrected chi connectivity index (χ4v) is 4.79. The summed E-state index contributed by atoms with van der Waals surface area (Å²) in [5, 5.41) is 9.04. The van der Waals surface area contributed by atoms with Crippen LogP contribution in [0.4, 0.5) is 5.69 Å². The van der Waals surface area contributed by atoms with Gasteiger partial charge in [-0.1, -0.05) is 31.7 Å². The average Bonchev–Trinajstić information content (AvgIpc) is 3.01. The Balaban J connectivity index is 1.68. The Bertz CT molecular complexity index is 1080. The zero-order valence-corrected chi connectivity index (χ0v) is 18.7. The van der Waals surface area contributed by atoms with Crippen LogP contribution in [0.1, 0.15) is 60.9 Å². The van der Waals surface area contributed by atoms with Gasteiger partial charge >= 0.3 is 0 Å². The number of rotatable bonds is 5. The third-order valence-corrected chi connectivity index (χ3v) is 6.48. The summed E-state index contributed by atoms with van der Waals surface area (Å²) < 4.78 is 5.28. The molecule has 0 N–H and O–H groups in total. The number of hydrogen-bond acceptors (Lipinski definition) is 5. The highest BCUT2D eigenvalue weighted by molar-refractivity contribution is 6.23. The lowest BCUT2D eigenvalue weighted by atomic mass is 10.0. The SMILES string of the molecule is COc1cccc(C(=O)N(C2CCCCCC2)C2CC(=O)N(c3ccc(C#N)cc3)C2=O)c1. The van der Waals surface area contributed by atoms with Crippen LogP contribution in [0.2, 0.25) is 0 Å². The van der Waals surface area contributed by atoms with Crippen molar-refractivity contribution in [2.24, 2.45) is 0 Å². The summed E-state index contributed by atoms with van der Waals surface area (Å²) in [5.74, 6) is -0.430. The number of nitrogens with zero attached hydrogens (tertiary/aromatic N) is 3. The topological polar surface area (TPSA) is 90.7 Å². The molecule has 33 heavy (non-hydrogen) atoms. The van der Waals surface area contributed by atoms with Crippen LogP contribution in [0.15, 0.2) is 48.5 Å². The van der Waals surface area contributed by atoms with Gasteiger partial charge in [-0.25, -0.2) is 4.90 Å². The first kappa shape index (κ1) is 22.5. The van der Waals surface area contributed by atoms with E-state index in [9.17, 15) is 14.4 Å². The van der Waals surface area contributed by atoms with Crippen molar-refractivity contribution in [2.75, 3.05) is 12.0 Å². The summed E-state index contributed by atoms with van der Waals surface area (Å²) in [6, 6.07) is 14.3. The van der Waals surface area contributed by atoms with E-state index < -0.39 is 11.9 Å². The molecule has 4 rings (SSSR count). The van der Waals surface area contributed by atoms with Crippen LogP contribution in [0, 0.1) is 11.3 Å². The number of carbonyl (C=O) groups excluding carboxylic acids is 3. The Morgan fingerprint density at radius 3 is 2.39 bits per heavy atom. The number of nitriles is 1. The largest absolute Gasteiger partial charge is 0.497 e. The molecule has 7 heteroatoms. The second-order valence-corrected chi connectivity index (χ2v) is 8.54. The van der Waals surface area contributed by atoms with E-state index in [-0.39, 0.29) is 24.3 Å². The average molecular weight is 446 g/mol.